The summed E-state index contributed by atoms with van der Waals surface area (Å²) in [5, 5.41) is 5.93. The fraction of sp³-hybridized carbons (Fsp3) is 0.483. The Morgan fingerprint density at radius 1 is 1.05 bits per heavy atom. The summed E-state index contributed by atoms with van der Waals surface area (Å²) in [6, 6.07) is 13.1. The number of amides is 4. The highest BCUT2D eigenvalue weighted by Crippen LogP contribution is 2.24. The predicted molar refractivity (Wildman–Crippen MR) is 144 cm³/mol. The number of carbonyl (C=O) groups is 3. The summed E-state index contributed by atoms with van der Waals surface area (Å²) < 4.78 is 5.00. The molecule has 2 N–H and O–H groups in total. The molecule has 1 saturated heterocycles. The summed E-state index contributed by atoms with van der Waals surface area (Å²) >= 11 is 0. The van der Waals surface area contributed by atoms with Gasteiger partial charge < -0.3 is 25.2 Å². The van der Waals surface area contributed by atoms with E-state index in [4.69, 9.17) is 4.74 Å². The van der Waals surface area contributed by atoms with E-state index in [1.807, 2.05) is 35.2 Å². The molecule has 0 radical (unpaired) electrons. The van der Waals surface area contributed by atoms with Crippen molar-refractivity contribution >= 4 is 23.7 Å². The number of esters is 1. The number of ether oxygens (including phenoxy) is 1. The molecule has 198 valence electrons. The van der Waals surface area contributed by atoms with Crippen LogP contribution in [0.4, 0.5) is 15.3 Å². The van der Waals surface area contributed by atoms with Crippen molar-refractivity contribution in [2.45, 2.75) is 64.5 Å². The number of fused-ring (bicyclic) bond motifs is 1. The van der Waals surface area contributed by atoms with Crippen LogP contribution < -0.4 is 10.6 Å². The summed E-state index contributed by atoms with van der Waals surface area (Å²) in [4.78, 5) is 42.1. The first-order valence-corrected chi connectivity index (χ1v) is 13.3. The van der Waals surface area contributed by atoms with Gasteiger partial charge >= 0.3 is 18.0 Å². The molecular weight excluding hydrogens is 468 g/mol. The highest BCUT2D eigenvalue weighted by Gasteiger charge is 2.32. The number of para-hydroxylation sites is 1. The third-order valence-corrected chi connectivity index (χ3v) is 7.59. The molecule has 0 aromatic heterocycles. The third-order valence-electron chi connectivity index (χ3n) is 7.59. The molecule has 4 rings (SSSR count). The van der Waals surface area contributed by atoms with Gasteiger partial charge in [0.15, 0.2) is 0 Å². The quantitative estimate of drug-likeness (QED) is 0.552. The van der Waals surface area contributed by atoms with Crippen molar-refractivity contribution in [2.75, 3.05) is 32.1 Å². The van der Waals surface area contributed by atoms with Crippen LogP contribution in [0.25, 0.3) is 0 Å². The zero-order valence-electron chi connectivity index (χ0n) is 22.1. The van der Waals surface area contributed by atoms with Gasteiger partial charge in [-0.1, -0.05) is 50.2 Å². The molecule has 2 aromatic rings. The summed E-state index contributed by atoms with van der Waals surface area (Å²) in [6.45, 7) is 5.95. The maximum absolute atomic E-state index is 13.1. The number of rotatable bonds is 7. The van der Waals surface area contributed by atoms with Gasteiger partial charge in [0.05, 0.1) is 7.11 Å². The number of hydrogen-bond acceptors (Lipinski definition) is 4. The van der Waals surface area contributed by atoms with Gasteiger partial charge in [-0.15, -0.1) is 0 Å². The maximum Gasteiger partial charge on any atom is 0.328 e. The molecule has 4 amide bonds. The smallest absolute Gasteiger partial charge is 0.328 e. The Bertz CT molecular complexity index is 1130. The molecule has 2 heterocycles. The van der Waals surface area contributed by atoms with E-state index in [1.54, 1.807) is 4.90 Å². The first kappa shape index (κ1) is 26.5. The summed E-state index contributed by atoms with van der Waals surface area (Å²) in [7, 11) is 1.34. The van der Waals surface area contributed by atoms with Crippen LogP contribution in [0.2, 0.25) is 0 Å². The number of hydrogen-bond donors (Lipinski definition) is 2. The summed E-state index contributed by atoms with van der Waals surface area (Å²) in [5.41, 5.74) is 5.57. The van der Waals surface area contributed by atoms with Crippen molar-refractivity contribution in [2.24, 2.45) is 0 Å². The lowest BCUT2D eigenvalue weighted by Crippen LogP contribution is -2.54. The van der Waals surface area contributed by atoms with Gasteiger partial charge in [0, 0.05) is 37.8 Å². The van der Waals surface area contributed by atoms with Crippen LogP contribution >= 0.6 is 0 Å². The van der Waals surface area contributed by atoms with E-state index in [0.717, 1.165) is 36.1 Å². The molecule has 1 fully saturated rings. The van der Waals surface area contributed by atoms with Crippen LogP contribution in [0.15, 0.2) is 42.5 Å². The minimum atomic E-state index is -0.762. The second-order valence-corrected chi connectivity index (χ2v) is 9.79. The Morgan fingerprint density at radius 3 is 2.49 bits per heavy atom. The van der Waals surface area contributed by atoms with Gasteiger partial charge in [0.25, 0.3) is 0 Å². The number of piperidine rings is 1. The number of anilines is 1. The second-order valence-electron chi connectivity index (χ2n) is 9.79. The minimum absolute atomic E-state index is 0.0688. The standard InChI is InChI=1S/C29H38N4O4/c1-4-21-11-10-20(18-22(21)5-2)19-26(27(34)37-3)31-28(35)32-15-13-24(14-16-32)33-17-12-23-8-6-7-9-25(23)30-29(33)36/h6-11,18,24,26H,4-5,12-17,19H2,1-3H3,(H,30,36)(H,31,35). The molecule has 1 atom stereocenters. The fourth-order valence-corrected chi connectivity index (χ4v) is 5.41. The first-order valence-electron chi connectivity index (χ1n) is 13.3. The van der Waals surface area contributed by atoms with E-state index in [0.29, 0.717) is 38.9 Å². The van der Waals surface area contributed by atoms with Crippen LogP contribution in [0.3, 0.4) is 0 Å². The molecule has 0 saturated carbocycles. The average Bonchev–Trinajstić information content (AvgIpc) is 3.10. The molecule has 8 nitrogen and oxygen atoms in total. The van der Waals surface area contributed by atoms with E-state index < -0.39 is 12.0 Å². The Balaban J connectivity index is 1.35. The molecule has 2 aliphatic rings. The Labute approximate surface area is 219 Å². The monoisotopic (exact) mass is 506 g/mol. The number of nitrogens with one attached hydrogen (secondary N) is 2. The van der Waals surface area contributed by atoms with Crippen LogP contribution in [-0.2, 0) is 35.2 Å². The molecular formula is C29H38N4O4. The largest absolute Gasteiger partial charge is 0.467 e. The molecule has 8 heteroatoms. The maximum atomic E-state index is 13.1. The number of likely N-dealkylation sites (tertiary alicyclic amines) is 1. The van der Waals surface area contributed by atoms with Crippen molar-refractivity contribution < 1.29 is 19.1 Å². The number of benzene rings is 2. The van der Waals surface area contributed by atoms with Gasteiger partial charge in [-0.3, -0.25) is 0 Å². The second kappa shape index (κ2) is 12.1. The molecule has 0 spiro atoms. The fourth-order valence-electron chi connectivity index (χ4n) is 5.41. The molecule has 2 aliphatic heterocycles. The van der Waals surface area contributed by atoms with Crippen molar-refractivity contribution in [1.29, 1.82) is 0 Å². The highest BCUT2D eigenvalue weighted by molar-refractivity contribution is 5.91. The van der Waals surface area contributed by atoms with Crippen molar-refractivity contribution in [3.05, 3.63) is 64.7 Å². The van der Waals surface area contributed by atoms with Gasteiger partial charge in [-0.2, -0.15) is 0 Å². The van der Waals surface area contributed by atoms with E-state index in [1.165, 1.54) is 18.2 Å². The third kappa shape index (κ3) is 6.24. The van der Waals surface area contributed by atoms with Gasteiger partial charge in [-0.25, -0.2) is 14.4 Å². The Hall–Kier alpha value is -3.55. The first-order chi connectivity index (χ1) is 17.9. The van der Waals surface area contributed by atoms with Crippen LogP contribution in [0, 0.1) is 0 Å². The number of aryl methyl sites for hydroxylation is 2. The predicted octanol–water partition coefficient (Wildman–Crippen LogP) is 4.16. The van der Waals surface area contributed by atoms with Crippen LogP contribution in [-0.4, -0.2) is 66.7 Å². The topological polar surface area (TPSA) is 91.0 Å². The SMILES string of the molecule is CCc1ccc(CC(NC(=O)N2CCC(N3CCc4ccccc4NC3=O)CC2)C(=O)OC)cc1CC. The molecule has 37 heavy (non-hydrogen) atoms. The van der Waals surface area contributed by atoms with Gasteiger partial charge in [0.1, 0.15) is 6.04 Å². The minimum Gasteiger partial charge on any atom is -0.467 e. The Morgan fingerprint density at radius 2 is 1.78 bits per heavy atom. The average molecular weight is 507 g/mol. The summed E-state index contributed by atoms with van der Waals surface area (Å²) in [5.74, 6) is -0.457. The zero-order valence-corrected chi connectivity index (χ0v) is 22.1. The number of nitrogens with zero attached hydrogens (tertiary/aromatic N) is 2. The van der Waals surface area contributed by atoms with E-state index in [2.05, 4.69) is 36.6 Å². The van der Waals surface area contributed by atoms with Crippen LogP contribution in [0.5, 0.6) is 0 Å². The van der Waals surface area contributed by atoms with E-state index in [-0.39, 0.29) is 18.1 Å². The van der Waals surface area contributed by atoms with Crippen LogP contribution in [0.1, 0.15) is 48.9 Å². The van der Waals surface area contributed by atoms with Crippen molar-refractivity contribution in [1.82, 2.24) is 15.1 Å². The van der Waals surface area contributed by atoms with Crippen molar-refractivity contribution in [3.8, 4) is 0 Å². The normalized spacial score (nSPS) is 16.9. The van der Waals surface area contributed by atoms with Gasteiger partial charge in [0.2, 0.25) is 0 Å². The van der Waals surface area contributed by atoms with Gasteiger partial charge in [-0.05, 0) is 60.4 Å². The highest BCUT2D eigenvalue weighted by atomic mass is 16.5. The molecule has 0 aliphatic carbocycles. The number of methoxy groups -OCH3 is 1. The molecule has 1 unspecified atom stereocenters. The lowest BCUT2D eigenvalue weighted by Gasteiger charge is -2.38. The van der Waals surface area contributed by atoms with E-state index in [9.17, 15) is 14.4 Å². The molecule has 2 aromatic carbocycles. The lowest BCUT2D eigenvalue weighted by atomic mass is 9.97. The summed E-state index contributed by atoms with van der Waals surface area (Å²) in [6.07, 6.45) is 4.44. The number of carbonyl (C=O) groups excluding carboxylic acids is 3. The Kier molecular flexibility index (Phi) is 8.69. The van der Waals surface area contributed by atoms with E-state index >= 15 is 0 Å². The zero-order chi connectivity index (χ0) is 26.4. The van der Waals surface area contributed by atoms with Crippen molar-refractivity contribution in [3.63, 3.8) is 0 Å². The molecule has 0 bridgehead atoms. The number of urea groups is 2. The lowest BCUT2D eigenvalue weighted by molar-refractivity contribution is -0.142.